The first-order valence-corrected chi connectivity index (χ1v) is 10.4. The Balaban J connectivity index is 0.00000625. The van der Waals surface area contributed by atoms with Crippen LogP contribution in [0.25, 0.3) is 0 Å². The minimum absolute atomic E-state index is 0. The molecule has 26 heavy (non-hydrogen) atoms. The lowest BCUT2D eigenvalue weighted by atomic mass is 10.1. The Morgan fingerprint density at radius 2 is 1.50 bits per heavy atom. The first-order chi connectivity index (χ1) is 12.3. The van der Waals surface area contributed by atoms with Crippen molar-refractivity contribution in [3.63, 3.8) is 0 Å². The molecule has 0 spiro atoms. The molecule has 1 aromatic heterocycles. The fraction of sp³-hybridized carbons (Fsp3) is 0.810. The highest BCUT2D eigenvalue weighted by molar-refractivity contribution is 5.74. The normalized spacial score (nSPS) is 11.8. The lowest BCUT2D eigenvalue weighted by Crippen LogP contribution is -2.21. The molecule has 0 radical (unpaired) electrons. The Morgan fingerprint density at radius 1 is 0.923 bits per heavy atom. The molecular formula is C21H41N3O2. The number of imidazole rings is 1. The van der Waals surface area contributed by atoms with Gasteiger partial charge in [0, 0.05) is 12.4 Å². The first-order valence-electron chi connectivity index (χ1n) is 10.4. The van der Waals surface area contributed by atoms with Gasteiger partial charge in [-0.05, 0) is 12.8 Å². The Morgan fingerprint density at radius 3 is 2.08 bits per heavy atom. The maximum Gasteiger partial charge on any atom is 0.329 e. The van der Waals surface area contributed by atoms with Crippen LogP contribution in [0.3, 0.4) is 0 Å². The van der Waals surface area contributed by atoms with Crippen LogP contribution >= 0.6 is 0 Å². The van der Waals surface area contributed by atoms with Crippen molar-refractivity contribution in [3.05, 3.63) is 18.7 Å². The van der Waals surface area contributed by atoms with E-state index in [-0.39, 0.29) is 18.2 Å². The van der Waals surface area contributed by atoms with Crippen molar-refractivity contribution in [1.29, 1.82) is 0 Å². The summed E-state index contributed by atoms with van der Waals surface area (Å²) in [5, 5.41) is 0. The lowest BCUT2D eigenvalue weighted by Gasteiger charge is -2.17. The average Bonchev–Trinajstić information content (AvgIpc) is 3.14. The predicted octanol–water partition coefficient (Wildman–Crippen LogP) is 6.24. The van der Waals surface area contributed by atoms with Gasteiger partial charge in [-0.1, -0.05) is 84.5 Å². The summed E-state index contributed by atoms with van der Waals surface area (Å²) in [6.45, 7) is 5.00. The molecule has 1 aromatic rings. The van der Waals surface area contributed by atoms with E-state index in [1.165, 1.54) is 57.8 Å². The summed E-state index contributed by atoms with van der Waals surface area (Å²) in [4.78, 5) is 16.6. The van der Waals surface area contributed by atoms with E-state index < -0.39 is 0 Å². The van der Waals surface area contributed by atoms with Crippen molar-refractivity contribution < 1.29 is 9.53 Å². The Hall–Kier alpha value is -1.36. The summed E-state index contributed by atoms with van der Waals surface area (Å²) in [5.41, 5.74) is 0. The van der Waals surface area contributed by atoms with E-state index in [1.54, 1.807) is 12.5 Å². The largest absolute Gasteiger partial charge is 0.464 e. The summed E-state index contributed by atoms with van der Waals surface area (Å²) in [5.74, 6) is -0.0971. The number of carbonyl (C=O) groups is 1. The van der Waals surface area contributed by atoms with Crippen LogP contribution < -0.4 is 6.15 Å². The van der Waals surface area contributed by atoms with E-state index in [4.69, 9.17) is 4.74 Å². The van der Waals surface area contributed by atoms with Gasteiger partial charge in [-0.2, -0.15) is 0 Å². The predicted molar refractivity (Wildman–Crippen MR) is 109 cm³/mol. The van der Waals surface area contributed by atoms with Crippen LogP contribution in [0.2, 0.25) is 0 Å². The van der Waals surface area contributed by atoms with Gasteiger partial charge in [0.25, 0.3) is 0 Å². The summed E-state index contributed by atoms with van der Waals surface area (Å²) in [6, 6.07) is -0.214. The van der Waals surface area contributed by atoms with E-state index in [2.05, 4.69) is 18.8 Å². The summed E-state index contributed by atoms with van der Waals surface area (Å²) in [7, 11) is 0. The van der Waals surface area contributed by atoms with Gasteiger partial charge in [0.2, 0.25) is 0 Å². The molecule has 0 aliphatic carbocycles. The molecule has 1 atom stereocenters. The molecule has 0 bridgehead atoms. The van der Waals surface area contributed by atoms with Crippen molar-refractivity contribution in [3.8, 4) is 0 Å². The number of nitrogens with zero attached hydrogens (tertiary/aromatic N) is 2. The minimum atomic E-state index is -0.214. The van der Waals surface area contributed by atoms with Gasteiger partial charge in [-0.3, -0.25) is 0 Å². The van der Waals surface area contributed by atoms with Gasteiger partial charge >= 0.3 is 5.97 Å². The molecule has 0 saturated carbocycles. The molecule has 152 valence electrons. The van der Waals surface area contributed by atoms with Crippen molar-refractivity contribution in [1.82, 2.24) is 15.7 Å². The Bertz CT molecular complexity index is 421. The first kappa shape index (κ1) is 24.6. The van der Waals surface area contributed by atoms with E-state index in [0.29, 0.717) is 6.61 Å². The molecule has 1 rings (SSSR count). The molecular weight excluding hydrogens is 326 g/mol. The topological polar surface area (TPSA) is 79.1 Å². The third-order valence-corrected chi connectivity index (χ3v) is 4.73. The summed E-state index contributed by atoms with van der Waals surface area (Å²) >= 11 is 0. The lowest BCUT2D eigenvalue weighted by molar-refractivity contribution is -0.148. The second-order valence-corrected chi connectivity index (χ2v) is 7.02. The second-order valence-electron chi connectivity index (χ2n) is 7.02. The highest BCUT2D eigenvalue weighted by Crippen LogP contribution is 2.19. The fourth-order valence-corrected chi connectivity index (χ4v) is 3.11. The van der Waals surface area contributed by atoms with Gasteiger partial charge in [0.1, 0.15) is 6.04 Å². The van der Waals surface area contributed by atoms with Crippen LogP contribution in [0.5, 0.6) is 0 Å². The monoisotopic (exact) mass is 367 g/mol. The number of rotatable bonds is 16. The fourth-order valence-electron chi connectivity index (χ4n) is 3.11. The standard InChI is InChI=1S/C21H38N2O2.H3N/c1-3-5-7-9-11-13-15-20(23-17-16-22-19-23)21(24)25-18-14-12-10-8-6-4-2;/h16-17,19-20H,3-15,18H2,1-2H3;1H3. The molecule has 0 saturated heterocycles. The van der Waals surface area contributed by atoms with Crippen molar-refractivity contribution in [2.24, 2.45) is 0 Å². The molecule has 5 nitrogen and oxygen atoms in total. The minimum Gasteiger partial charge on any atom is -0.464 e. The van der Waals surface area contributed by atoms with Crippen molar-refractivity contribution in [2.75, 3.05) is 6.61 Å². The number of hydrogen-bond acceptors (Lipinski definition) is 4. The van der Waals surface area contributed by atoms with E-state index in [1.807, 2.05) is 10.8 Å². The molecule has 0 aromatic carbocycles. The zero-order valence-electron chi connectivity index (χ0n) is 17.1. The zero-order chi connectivity index (χ0) is 18.2. The number of hydrogen-bond donors (Lipinski definition) is 1. The average molecular weight is 368 g/mol. The number of aromatic nitrogens is 2. The number of unbranched alkanes of at least 4 members (excludes halogenated alkanes) is 10. The zero-order valence-corrected chi connectivity index (χ0v) is 17.1. The Labute approximate surface area is 160 Å². The molecule has 1 unspecified atom stereocenters. The number of carbonyl (C=O) groups excluding carboxylic acids is 1. The van der Waals surface area contributed by atoms with Gasteiger partial charge in [-0.15, -0.1) is 0 Å². The third kappa shape index (κ3) is 11.3. The van der Waals surface area contributed by atoms with E-state index in [9.17, 15) is 4.79 Å². The molecule has 0 amide bonds. The van der Waals surface area contributed by atoms with Crippen molar-refractivity contribution in [2.45, 2.75) is 103 Å². The van der Waals surface area contributed by atoms with Crippen molar-refractivity contribution >= 4 is 5.97 Å². The molecule has 1 heterocycles. The second kappa shape index (κ2) is 17.1. The van der Waals surface area contributed by atoms with Crippen LogP contribution in [0.1, 0.15) is 103 Å². The molecule has 3 N–H and O–H groups in total. The van der Waals surface area contributed by atoms with Crippen LogP contribution in [-0.2, 0) is 9.53 Å². The summed E-state index contributed by atoms with van der Waals surface area (Å²) in [6.07, 6.45) is 20.8. The van der Waals surface area contributed by atoms with Gasteiger partial charge < -0.3 is 15.5 Å². The summed E-state index contributed by atoms with van der Waals surface area (Å²) < 4.78 is 7.44. The molecule has 0 aliphatic rings. The Kier molecular flexibility index (Phi) is 16.2. The quantitative estimate of drug-likeness (QED) is 0.277. The SMILES string of the molecule is CCCCCCCCOC(=O)C(CCCCCCCC)n1ccnc1.N. The number of esters is 1. The van der Waals surface area contributed by atoms with E-state index in [0.717, 1.165) is 25.7 Å². The molecule has 0 aliphatic heterocycles. The number of ether oxygens (including phenoxy) is 1. The van der Waals surface area contributed by atoms with E-state index >= 15 is 0 Å². The van der Waals surface area contributed by atoms with Gasteiger partial charge in [0.05, 0.1) is 12.9 Å². The van der Waals surface area contributed by atoms with Crippen LogP contribution in [0.4, 0.5) is 0 Å². The molecule has 0 fully saturated rings. The highest BCUT2D eigenvalue weighted by Gasteiger charge is 2.21. The van der Waals surface area contributed by atoms with Crippen LogP contribution in [0, 0.1) is 0 Å². The molecule has 5 heteroatoms. The van der Waals surface area contributed by atoms with Gasteiger partial charge in [0.15, 0.2) is 0 Å². The third-order valence-electron chi connectivity index (χ3n) is 4.73. The van der Waals surface area contributed by atoms with Crippen LogP contribution in [-0.4, -0.2) is 22.1 Å². The maximum absolute atomic E-state index is 12.5. The maximum atomic E-state index is 12.5. The highest BCUT2D eigenvalue weighted by atomic mass is 16.5. The van der Waals surface area contributed by atoms with Crippen LogP contribution in [0.15, 0.2) is 18.7 Å². The smallest absolute Gasteiger partial charge is 0.329 e. The van der Waals surface area contributed by atoms with Gasteiger partial charge in [-0.25, -0.2) is 9.78 Å².